The first-order valence-electron chi connectivity index (χ1n) is 8.73. The summed E-state index contributed by atoms with van der Waals surface area (Å²) < 4.78 is 7.87. The van der Waals surface area contributed by atoms with Crippen LogP contribution in [-0.4, -0.2) is 15.3 Å². The Bertz CT molecular complexity index is 843. The minimum Gasteiger partial charge on any atom is -0.489 e. The molecule has 1 heterocycles. The van der Waals surface area contributed by atoms with E-state index in [9.17, 15) is 4.79 Å². The molecule has 0 bridgehead atoms. The lowest BCUT2D eigenvalue weighted by Crippen LogP contribution is -2.20. The number of ether oxygens (including phenoxy) is 1. The van der Waals surface area contributed by atoms with Crippen LogP contribution >= 0.6 is 0 Å². The zero-order valence-corrected chi connectivity index (χ0v) is 15.5. The Hall–Kier alpha value is -2.88. The molecular weight excluding hydrogens is 324 g/mol. The normalized spacial score (nSPS) is 11.3. The third kappa shape index (κ3) is 4.60. The third-order valence-corrected chi connectivity index (χ3v) is 4.15. The van der Waals surface area contributed by atoms with E-state index in [1.807, 2.05) is 67.9 Å². The van der Waals surface area contributed by atoms with Crippen molar-refractivity contribution in [1.29, 1.82) is 0 Å². The third-order valence-electron chi connectivity index (χ3n) is 4.15. The molecule has 0 amide bonds. The summed E-state index contributed by atoms with van der Waals surface area (Å²) >= 11 is 0. The van der Waals surface area contributed by atoms with E-state index in [0.717, 1.165) is 23.4 Å². The number of aromatic nitrogens is 2. The molecule has 4 nitrogen and oxygen atoms in total. The Labute approximate surface area is 154 Å². The van der Waals surface area contributed by atoms with Crippen molar-refractivity contribution >= 4 is 5.78 Å². The molecule has 0 radical (unpaired) electrons. The molecule has 0 aliphatic carbocycles. The second kappa shape index (κ2) is 7.56. The van der Waals surface area contributed by atoms with Crippen molar-refractivity contribution in [2.75, 3.05) is 0 Å². The van der Waals surface area contributed by atoms with Crippen LogP contribution in [0.3, 0.4) is 0 Å². The number of ketones is 1. The average Bonchev–Trinajstić information content (AvgIpc) is 3.13. The fourth-order valence-electron chi connectivity index (χ4n) is 2.63. The Kier molecular flexibility index (Phi) is 5.21. The predicted octanol–water partition coefficient (Wildman–Crippen LogP) is 4.74. The molecule has 0 fully saturated rings. The molecule has 0 saturated carbocycles. The first kappa shape index (κ1) is 17.9. The van der Waals surface area contributed by atoms with Gasteiger partial charge in [-0.2, -0.15) is 0 Å². The molecule has 3 aromatic rings. The SMILES string of the molecule is CC(C)(C)C(=O)c1ccc(COc2ccc(Cn3ccnc3)cc2)cc1. The summed E-state index contributed by atoms with van der Waals surface area (Å²) in [6, 6.07) is 15.7. The molecule has 0 N–H and O–H groups in total. The van der Waals surface area contributed by atoms with Crippen LogP contribution in [-0.2, 0) is 13.2 Å². The Balaban J connectivity index is 1.56. The molecule has 26 heavy (non-hydrogen) atoms. The maximum Gasteiger partial charge on any atom is 0.168 e. The number of carbonyl (C=O) groups is 1. The molecule has 0 aliphatic rings. The van der Waals surface area contributed by atoms with Crippen LogP contribution in [0.1, 0.15) is 42.3 Å². The maximum atomic E-state index is 12.3. The zero-order valence-electron chi connectivity index (χ0n) is 15.5. The molecule has 1 aromatic heterocycles. The molecule has 0 atom stereocenters. The van der Waals surface area contributed by atoms with E-state index < -0.39 is 0 Å². The molecule has 0 unspecified atom stereocenters. The van der Waals surface area contributed by atoms with Crippen molar-refractivity contribution in [3.63, 3.8) is 0 Å². The molecule has 0 saturated heterocycles. The van der Waals surface area contributed by atoms with Crippen molar-refractivity contribution in [2.24, 2.45) is 5.41 Å². The van der Waals surface area contributed by atoms with Crippen molar-refractivity contribution in [3.05, 3.63) is 83.9 Å². The standard InChI is InChI=1S/C22H24N2O2/c1-22(2,3)21(25)19-8-4-18(5-9-19)15-26-20-10-6-17(7-11-20)14-24-13-12-23-16-24/h4-13,16H,14-15H2,1-3H3. The van der Waals surface area contributed by atoms with Gasteiger partial charge >= 0.3 is 0 Å². The fourth-order valence-corrected chi connectivity index (χ4v) is 2.63. The van der Waals surface area contributed by atoms with Gasteiger partial charge in [0.05, 0.1) is 6.33 Å². The van der Waals surface area contributed by atoms with E-state index in [1.54, 1.807) is 12.5 Å². The maximum absolute atomic E-state index is 12.3. The van der Waals surface area contributed by atoms with Crippen LogP contribution in [0.5, 0.6) is 5.75 Å². The van der Waals surface area contributed by atoms with Crippen molar-refractivity contribution in [2.45, 2.75) is 33.9 Å². The number of rotatable bonds is 6. The minimum atomic E-state index is -0.365. The number of hydrogen-bond acceptors (Lipinski definition) is 3. The highest BCUT2D eigenvalue weighted by molar-refractivity contribution is 5.99. The highest BCUT2D eigenvalue weighted by atomic mass is 16.5. The van der Waals surface area contributed by atoms with E-state index in [2.05, 4.69) is 17.1 Å². The van der Waals surface area contributed by atoms with Crippen molar-refractivity contribution in [3.8, 4) is 5.75 Å². The number of hydrogen-bond donors (Lipinski definition) is 0. The number of benzene rings is 2. The van der Waals surface area contributed by atoms with Crippen LogP contribution in [0.4, 0.5) is 0 Å². The first-order valence-corrected chi connectivity index (χ1v) is 8.73. The quantitative estimate of drug-likeness (QED) is 0.604. The van der Waals surface area contributed by atoms with Gasteiger partial charge in [-0.15, -0.1) is 0 Å². The van der Waals surface area contributed by atoms with Gasteiger partial charge in [0.15, 0.2) is 5.78 Å². The molecule has 3 rings (SSSR count). The smallest absolute Gasteiger partial charge is 0.168 e. The lowest BCUT2D eigenvalue weighted by Gasteiger charge is -2.16. The molecule has 0 aliphatic heterocycles. The summed E-state index contributed by atoms with van der Waals surface area (Å²) in [4.78, 5) is 16.3. The topological polar surface area (TPSA) is 44.1 Å². The van der Waals surface area contributed by atoms with Gasteiger partial charge < -0.3 is 9.30 Å². The van der Waals surface area contributed by atoms with E-state index in [4.69, 9.17) is 4.74 Å². The second-order valence-electron chi connectivity index (χ2n) is 7.44. The molecule has 4 heteroatoms. The Morgan fingerprint density at radius 2 is 1.65 bits per heavy atom. The van der Waals surface area contributed by atoms with Crippen LogP contribution in [0, 0.1) is 5.41 Å². The van der Waals surface area contributed by atoms with Crippen molar-refractivity contribution in [1.82, 2.24) is 9.55 Å². The summed E-state index contributed by atoms with van der Waals surface area (Å²) in [7, 11) is 0. The summed E-state index contributed by atoms with van der Waals surface area (Å²) in [5.74, 6) is 0.979. The van der Waals surface area contributed by atoms with Crippen molar-refractivity contribution < 1.29 is 9.53 Å². The van der Waals surface area contributed by atoms with Gasteiger partial charge in [0.1, 0.15) is 12.4 Å². The monoisotopic (exact) mass is 348 g/mol. The van der Waals surface area contributed by atoms with Crippen LogP contribution in [0.25, 0.3) is 0 Å². The second-order valence-corrected chi connectivity index (χ2v) is 7.44. The first-order chi connectivity index (χ1) is 12.4. The summed E-state index contributed by atoms with van der Waals surface area (Å²) in [6.45, 7) is 7.07. The Morgan fingerprint density at radius 1 is 1.00 bits per heavy atom. The van der Waals surface area contributed by atoms with Gasteiger partial charge in [0.25, 0.3) is 0 Å². The molecule has 0 spiro atoms. The summed E-state index contributed by atoms with van der Waals surface area (Å²) in [5.41, 5.74) is 2.61. The van der Waals surface area contributed by atoms with E-state index >= 15 is 0 Å². The zero-order chi connectivity index (χ0) is 18.6. The van der Waals surface area contributed by atoms with Gasteiger partial charge in [0, 0.05) is 29.9 Å². The van der Waals surface area contributed by atoms with Crippen LogP contribution < -0.4 is 4.74 Å². The largest absolute Gasteiger partial charge is 0.489 e. The lowest BCUT2D eigenvalue weighted by molar-refractivity contribution is 0.0858. The number of imidazole rings is 1. The lowest BCUT2D eigenvalue weighted by atomic mass is 9.86. The molecule has 134 valence electrons. The van der Waals surface area contributed by atoms with E-state index in [0.29, 0.717) is 6.61 Å². The van der Waals surface area contributed by atoms with Gasteiger partial charge in [-0.25, -0.2) is 4.98 Å². The number of carbonyl (C=O) groups excluding carboxylic acids is 1. The van der Waals surface area contributed by atoms with Gasteiger partial charge in [-0.3, -0.25) is 4.79 Å². The molecule has 2 aromatic carbocycles. The number of Topliss-reactive ketones (excluding diaryl/α,β-unsaturated/α-hetero) is 1. The molecular formula is C22H24N2O2. The summed E-state index contributed by atoms with van der Waals surface area (Å²) in [6.07, 6.45) is 5.52. The van der Waals surface area contributed by atoms with Crippen LogP contribution in [0.2, 0.25) is 0 Å². The van der Waals surface area contributed by atoms with E-state index in [-0.39, 0.29) is 11.2 Å². The van der Waals surface area contributed by atoms with Crippen LogP contribution in [0.15, 0.2) is 67.3 Å². The van der Waals surface area contributed by atoms with Gasteiger partial charge in [-0.1, -0.05) is 57.2 Å². The average molecular weight is 348 g/mol. The van der Waals surface area contributed by atoms with Gasteiger partial charge in [0.2, 0.25) is 0 Å². The highest BCUT2D eigenvalue weighted by Gasteiger charge is 2.22. The predicted molar refractivity (Wildman–Crippen MR) is 102 cm³/mol. The van der Waals surface area contributed by atoms with Gasteiger partial charge in [-0.05, 0) is 23.3 Å². The van der Waals surface area contributed by atoms with E-state index in [1.165, 1.54) is 5.56 Å². The minimum absolute atomic E-state index is 0.151. The highest BCUT2D eigenvalue weighted by Crippen LogP contribution is 2.21. The number of nitrogens with zero attached hydrogens (tertiary/aromatic N) is 2. The fraction of sp³-hybridized carbons (Fsp3) is 0.273. The Morgan fingerprint density at radius 3 is 2.23 bits per heavy atom. The summed E-state index contributed by atoms with van der Waals surface area (Å²) in [5, 5.41) is 0.